The minimum absolute atomic E-state index is 0.302. The van der Waals surface area contributed by atoms with Crippen molar-refractivity contribution in [2.75, 3.05) is 13.7 Å². The van der Waals surface area contributed by atoms with E-state index in [2.05, 4.69) is 0 Å². The number of rotatable bonds is 4. The Hall–Kier alpha value is -1.61. The number of carbonyl (C=O) groups is 1. The number of aliphatic carboxylic acids is 1. The van der Waals surface area contributed by atoms with Crippen LogP contribution in [0.4, 0.5) is 0 Å². The second-order valence-electron chi connectivity index (χ2n) is 2.81. The van der Waals surface area contributed by atoms with Gasteiger partial charge in [0.05, 0.1) is 6.61 Å². The summed E-state index contributed by atoms with van der Waals surface area (Å²) in [7, 11) is 1.54. The van der Waals surface area contributed by atoms with Gasteiger partial charge in [-0.2, -0.15) is 0 Å². The summed E-state index contributed by atoms with van der Waals surface area (Å²) in [6.45, 7) is 0.302. The van der Waals surface area contributed by atoms with E-state index in [1.54, 1.807) is 7.11 Å². The summed E-state index contributed by atoms with van der Waals surface area (Å²) in [5.74, 6) is -0.957. The molecule has 0 aliphatic heterocycles. The molecule has 0 aliphatic rings. The van der Waals surface area contributed by atoms with Crippen molar-refractivity contribution in [3.63, 3.8) is 0 Å². The summed E-state index contributed by atoms with van der Waals surface area (Å²) >= 11 is 0. The summed E-state index contributed by atoms with van der Waals surface area (Å²) in [6, 6.07) is 9.32. The molecule has 0 spiro atoms. The topological polar surface area (TPSA) is 46.5 Å². The molecule has 0 radical (unpaired) electrons. The van der Waals surface area contributed by atoms with Crippen molar-refractivity contribution in [1.82, 2.24) is 0 Å². The minimum atomic E-state index is -0.957. The van der Waals surface area contributed by atoms with Crippen molar-refractivity contribution in [2.45, 2.75) is 0 Å². The van der Waals surface area contributed by atoms with Gasteiger partial charge in [0.2, 0.25) is 0 Å². The van der Waals surface area contributed by atoms with Crippen molar-refractivity contribution in [3.05, 3.63) is 42.0 Å². The van der Waals surface area contributed by atoms with Gasteiger partial charge in [-0.1, -0.05) is 30.3 Å². The Bertz CT molecular complexity index is 328. The molecular formula is C11H12O3. The van der Waals surface area contributed by atoms with Gasteiger partial charge in [0.15, 0.2) is 0 Å². The van der Waals surface area contributed by atoms with Crippen LogP contribution in [0.15, 0.2) is 36.4 Å². The molecule has 0 saturated heterocycles. The molecule has 3 nitrogen and oxygen atoms in total. The molecular weight excluding hydrogens is 180 g/mol. The van der Waals surface area contributed by atoms with Gasteiger partial charge in [-0.05, 0) is 11.1 Å². The van der Waals surface area contributed by atoms with Crippen LogP contribution in [0.2, 0.25) is 0 Å². The van der Waals surface area contributed by atoms with Crippen molar-refractivity contribution < 1.29 is 14.6 Å². The lowest BCUT2D eigenvalue weighted by molar-refractivity contribution is -0.131. The standard InChI is InChI=1S/C11H12O3/c1-14-8-10(7-11(12)13)9-5-3-2-4-6-9/h2-7H,8H2,1H3,(H,12,13). The van der Waals surface area contributed by atoms with Crippen LogP contribution in [0.5, 0.6) is 0 Å². The first-order valence-electron chi connectivity index (χ1n) is 4.22. The summed E-state index contributed by atoms with van der Waals surface area (Å²) in [6.07, 6.45) is 1.17. The van der Waals surface area contributed by atoms with Gasteiger partial charge in [-0.25, -0.2) is 4.79 Å². The third kappa shape index (κ3) is 3.03. The summed E-state index contributed by atoms with van der Waals surface area (Å²) < 4.78 is 4.93. The molecule has 1 N–H and O–H groups in total. The van der Waals surface area contributed by atoms with Crippen LogP contribution >= 0.6 is 0 Å². The van der Waals surface area contributed by atoms with Crippen molar-refractivity contribution in [1.29, 1.82) is 0 Å². The number of hydrogen-bond donors (Lipinski definition) is 1. The molecule has 0 fully saturated rings. The Labute approximate surface area is 82.6 Å². The van der Waals surface area contributed by atoms with E-state index in [-0.39, 0.29) is 0 Å². The fourth-order valence-corrected chi connectivity index (χ4v) is 1.17. The quantitative estimate of drug-likeness (QED) is 0.740. The predicted molar refractivity (Wildman–Crippen MR) is 53.9 cm³/mol. The molecule has 0 bridgehead atoms. The zero-order valence-corrected chi connectivity index (χ0v) is 7.93. The zero-order chi connectivity index (χ0) is 10.4. The lowest BCUT2D eigenvalue weighted by atomic mass is 10.1. The third-order valence-electron chi connectivity index (χ3n) is 1.74. The van der Waals surface area contributed by atoms with E-state index in [4.69, 9.17) is 9.84 Å². The van der Waals surface area contributed by atoms with Crippen LogP contribution in [0.25, 0.3) is 5.57 Å². The number of ether oxygens (including phenoxy) is 1. The van der Waals surface area contributed by atoms with Crippen LogP contribution in [0.1, 0.15) is 5.56 Å². The second-order valence-corrected chi connectivity index (χ2v) is 2.81. The average molecular weight is 192 g/mol. The SMILES string of the molecule is COCC(=CC(=O)O)c1ccccc1. The van der Waals surface area contributed by atoms with Crippen LogP contribution in [-0.2, 0) is 9.53 Å². The highest BCUT2D eigenvalue weighted by atomic mass is 16.5. The first-order chi connectivity index (χ1) is 6.74. The van der Waals surface area contributed by atoms with Gasteiger partial charge in [0.25, 0.3) is 0 Å². The molecule has 0 aliphatic carbocycles. The maximum absolute atomic E-state index is 10.5. The van der Waals surface area contributed by atoms with Crippen LogP contribution in [0, 0.1) is 0 Å². The molecule has 0 saturated carbocycles. The maximum Gasteiger partial charge on any atom is 0.328 e. The van der Waals surface area contributed by atoms with Gasteiger partial charge in [-0.3, -0.25) is 0 Å². The molecule has 1 rings (SSSR count). The minimum Gasteiger partial charge on any atom is -0.478 e. The molecule has 0 unspecified atom stereocenters. The van der Waals surface area contributed by atoms with E-state index < -0.39 is 5.97 Å². The van der Waals surface area contributed by atoms with E-state index in [9.17, 15) is 4.79 Å². The normalized spacial score (nSPS) is 11.4. The van der Waals surface area contributed by atoms with Crippen LogP contribution in [-0.4, -0.2) is 24.8 Å². The highest BCUT2D eigenvalue weighted by molar-refractivity contribution is 5.90. The summed E-state index contributed by atoms with van der Waals surface area (Å²) in [5, 5.41) is 8.64. The van der Waals surface area contributed by atoms with E-state index >= 15 is 0 Å². The van der Waals surface area contributed by atoms with Gasteiger partial charge in [-0.15, -0.1) is 0 Å². The lowest BCUT2D eigenvalue weighted by Gasteiger charge is -2.04. The van der Waals surface area contributed by atoms with E-state index in [0.29, 0.717) is 12.2 Å². The fraction of sp³-hybridized carbons (Fsp3) is 0.182. The summed E-state index contributed by atoms with van der Waals surface area (Å²) in [4.78, 5) is 10.5. The average Bonchev–Trinajstić information content (AvgIpc) is 2.18. The predicted octanol–water partition coefficient (Wildman–Crippen LogP) is 1.80. The third-order valence-corrected chi connectivity index (χ3v) is 1.74. The van der Waals surface area contributed by atoms with Gasteiger partial charge in [0.1, 0.15) is 0 Å². The molecule has 1 aromatic rings. The first-order valence-corrected chi connectivity index (χ1v) is 4.22. The molecule has 0 amide bonds. The van der Waals surface area contributed by atoms with E-state index in [1.165, 1.54) is 6.08 Å². The van der Waals surface area contributed by atoms with Crippen molar-refractivity contribution >= 4 is 11.5 Å². The Morgan fingerprint density at radius 3 is 2.57 bits per heavy atom. The highest BCUT2D eigenvalue weighted by Gasteiger charge is 2.02. The number of carboxylic acid groups (broad SMARTS) is 1. The van der Waals surface area contributed by atoms with Crippen LogP contribution < -0.4 is 0 Å². The number of hydrogen-bond acceptors (Lipinski definition) is 2. The molecule has 14 heavy (non-hydrogen) atoms. The Morgan fingerprint density at radius 2 is 2.07 bits per heavy atom. The van der Waals surface area contributed by atoms with Gasteiger partial charge < -0.3 is 9.84 Å². The molecule has 74 valence electrons. The maximum atomic E-state index is 10.5. The van der Waals surface area contributed by atoms with Gasteiger partial charge >= 0.3 is 5.97 Å². The molecule has 1 aromatic carbocycles. The van der Waals surface area contributed by atoms with Crippen molar-refractivity contribution in [2.24, 2.45) is 0 Å². The fourth-order valence-electron chi connectivity index (χ4n) is 1.17. The highest BCUT2D eigenvalue weighted by Crippen LogP contribution is 2.13. The second kappa shape index (κ2) is 5.19. The zero-order valence-electron chi connectivity index (χ0n) is 7.93. The lowest BCUT2D eigenvalue weighted by Crippen LogP contribution is -1.98. The van der Waals surface area contributed by atoms with Crippen molar-refractivity contribution in [3.8, 4) is 0 Å². The monoisotopic (exact) mass is 192 g/mol. The first kappa shape index (κ1) is 10.5. The molecule has 0 heterocycles. The van der Waals surface area contributed by atoms with E-state index in [1.807, 2.05) is 30.3 Å². The molecule has 3 heteroatoms. The van der Waals surface area contributed by atoms with E-state index in [0.717, 1.165) is 5.56 Å². The number of methoxy groups -OCH3 is 1. The number of benzene rings is 1. The van der Waals surface area contributed by atoms with Crippen LogP contribution in [0.3, 0.4) is 0 Å². The Morgan fingerprint density at radius 1 is 1.43 bits per heavy atom. The summed E-state index contributed by atoms with van der Waals surface area (Å²) in [5.41, 5.74) is 1.54. The Kier molecular flexibility index (Phi) is 3.88. The van der Waals surface area contributed by atoms with Gasteiger partial charge in [0, 0.05) is 13.2 Å². The number of carboxylic acids is 1. The largest absolute Gasteiger partial charge is 0.478 e. The Balaban J connectivity index is 2.94. The molecule has 0 atom stereocenters. The molecule has 0 aromatic heterocycles. The smallest absolute Gasteiger partial charge is 0.328 e.